The van der Waals surface area contributed by atoms with Gasteiger partial charge in [0.1, 0.15) is 5.82 Å². The van der Waals surface area contributed by atoms with Crippen LogP contribution in [-0.2, 0) is 24.3 Å². The van der Waals surface area contributed by atoms with Gasteiger partial charge in [-0.25, -0.2) is 17.6 Å². The van der Waals surface area contributed by atoms with E-state index in [4.69, 9.17) is 4.74 Å². The highest BCUT2D eigenvalue weighted by Gasteiger charge is 2.25. The predicted octanol–water partition coefficient (Wildman–Crippen LogP) is 3.59. The van der Waals surface area contributed by atoms with Crippen molar-refractivity contribution in [2.45, 2.75) is 30.6 Å². The Morgan fingerprint density at radius 1 is 1.03 bits per heavy atom. The second-order valence-corrected chi connectivity index (χ2v) is 9.33. The molecule has 0 atom stereocenters. The zero-order chi connectivity index (χ0) is 23.0. The lowest BCUT2D eigenvalue weighted by atomic mass is 10.2. The molecular formula is C23H25FN2O5S. The summed E-state index contributed by atoms with van der Waals surface area (Å²) >= 11 is 0. The van der Waals surface area contributed by atoms with E-state index in [-0.39, 0.29) is 10.6 Å². The summed E-state index contributed by atoms with van der Waals surface area (Å²) in [5.41, 5.74) is 0.770. The number of carbonyl (C=O) groups is 2. The number of rotatable bonds is 7. The molecule has 32 heavy (non-hydrogen) atoms. The summed E-state index contributed by atoms with van der Waals surface area (Å²) in [6.07, 6.45) is 6.15. The molecule has 0 aromatic heterocycles. The Bertz CT molecular complexity index is 1090. The van der Waals surface area contributed by atoms with Crippen LogP contribution in [0.15, 0.2) is 59.5 Å². The third-order valence-corrected chi connectivity index (χ3v) is 6.82. The smallest absolute Gasteiger partial charge is 0.331 e. The lowest BCUT2D eigenvalue weighted by Crippen LogP contribution is -2.32. The van der Waals surface area contributed by atoms with E-state index in [0.717, 1.165) is 31.8 Å². The Hall–Kier alpha value is -3.04. The highest BCUT2D eigenvalue weighted by molar-refractivity contribution is 7.89. The molecule has 2 aromatic rings. The quantitative estimate of drug-likeness (QED) is 0.504. The average Bonchev–Trinajstić information content (AvgIpc) is 3.07. The maximum Gasteiger partial charge on any atom is 0.331 e. The van der Waals surface area contributed by atoms with Crippen LogP contribution >= 0.6 is 0 Å². The minimum absolute atomic E-state index is 0.104. The first kappa shape index (κ1) is 23.6. The number of hydrogen-bond acceptors (Lipinski definition) is 5. The molecule has 1 amide bonds. The molecule has 0 aliphatic carbocycles. The SMILES string of the molecule is O=C(COC(=O)/C=C/c1cccc(F)c1)Nc1cccc(S(=O)(=O)N2CCCCCC2)c1. The molecule has 1 aliphatic heterocycles. The van der Waals surface area contributed by atoms with Crippen LogP contribution in [0.2, 0.25) is 0 Å². The lowest BCUT2D eigenvalue weighted by molar-refractivity contribution is -0.142. The number of nitrogens with zero attached hydrogens (tertiary/aromatic N) is 1. The largest absolute Gasteiger partial charge is 0.452 e. The molecule has 1 N–H and O–H groups in total. The number of carbonyl (C=O) groups excluding carboxylic acids is 2. The van der Waals surface area contributed by atoms with Gasteiger partial charge in [0.15, 0.2) is 6.61 Å². The van der Waals surface area contributed by atoms with Crippen molar-refractivity contribution < 1.29 is 27.1 Å². The van der Waals surface area contributed by atoms with Crippen molar-refractivity contribution in [2.24, 2.45) is 0 Å². The first-order valence-electron chi connectivity index (χ1n) is 10.3. The minimum atomic E-state index is -3.65. The molecule has 1 heterocycles. The molecule has 2 aromatic carbocycles. The summed E-state index contributed by atoms with van der Waals surface area (Å²) < 4.78 is 45.3. The number of nitrogens with one attached hydrogen (secondary N) is 1. The molecule has 170 valence electrons. The zero-order valence-corrected chi connectivity index (χ0v) is 18.3. The highest BCUT2D eigenvalue weighted by atomic mass is 32.2. The number of sulfonamides is 1. The molecule has 1 fully saturated rings. The molecule has 0 unspecified atom stereocenters. The van der Waals surface area contributed by atoms with Crippen LogP contribution in [-0.4, -0.2) is 44.3 Å². The van der Waals surface area contributed by atoms with E-state index < -0.39 is 34.3 Å². The van der Waals surface area contributed by atoms with Crippen LogP contribution < -0.4 is 5.32 Å². The van der Waals surface area contributed by atoms with Crippen LogP contribution in [0.25, 0.3) is 6.08 Å². The Balaban J connectivity index is 1.55. The fourth-order valence-electron chi connectivity index (χ4n) is 3.32. The van der Waals surface area contributed by atoms with Gasteiger partial charge in [0.05, 0.1) is 4.90 Å². The topological polar surface area (TPSA) is 92.8 Å². The van der Waals surface area contributed by atoms with Crippen molar-refractivity contribution in [3.8, 4) is 0 Å². The molecule has 0 saturated carbocycles. The normalized spacial score (nSPS) is 15.3. The number of anilines is 1. The second-order valence-electron chi connectivity index (χ2n) is 7.39. The second kappa shape index (κ2) is 11.0. The van der Waals surface area contributed by atoms with Crippen molar-refractivity contribution >= 4 is 33.7 Å². The molecule has 7 nitrogen and oxygen atoms in total. The Labute approximate surface area is 186 Å². The van der Waals surface area contributed by atoms with Gasteiger partial charge in [-0.15, -0.1) is 0 Å². The standard InChI is InChI=1S/C23H25FN2O5S/c24-19-8-5-7-18(15-19)11-12-23(28)31-17-22(27)25-20-9-6-10-21(16-20)32(29,30)26-13-3-1-2-4-14-26/h5-12,15-16H,1-4,13-14,17H2,(H,25,27)/b12-11+. The van der Waals surface area contributed by atoms with Crippen LogP contribution in [0.4, 0.5) is 10.1 Å². The monoisotopic (exact) mass is 460 g/mol. The Kier molecular flexibility index (Phi) is 8.13. The molecular weight excluding hydrogens is 435 g/mol. The van der Waals surface area contributed by atoms with Crippen molar-refractivity contribution in [1.29, 1.82) is 0 Å². The maximum atomic E-state index is 13.1. The highest BCUT2D eigenvalue weighted by Crippen LogP contribution is 2.22. The number of halogens is 1. The fourth-order valence-corrected chi connectivity index (χ4v) is 4.89. The molecule has 3 rings (SSSR count). The van der Waals surface area contributed by atoms with Gasteiger partial charge in [0.2, 0.25) is 10.0 Å². The van der Waals surface area contributed by atoms with Gasteiger partial charge in [-0.05, 0) is 54.8 Å². The van der Waals surface area contributed by atoms with Gasteiger partial charge in [-0.1, -0.05) is 31.0 Å². The molecule has 0 spiro atoms. The number of esters is 1. The molecule has 1 saturated heterocycles. The summed E-state index contributed by atoms with van der Waals surface area (Å²) in [4.78, 5) is 24.0. The van der Waals surface area contributed by atoms with E-state index in [9.17, 15) is 22.4 Å². The summed E-state index contributed by atoms with van der Waals surface area (Å²) in [5.74, 6) is -1.80. The van der Waals surface area contributed by atoms with E-state index in [1.807, 2.05) is 0 Å². The molecule has 0 radical (unpaired) electrons. The minimum Gasteiger partial charge on any atom is -0.452 e. The Morgan fingerprint density at radius 3 is 2.47 bits per heavy atom. The van der Waals surface area contributed by atoms with Crippen LogP contribution in [0.1, 0.15) is 31.2 Å². The predicted molar refractivity (Wildman–Crippen MR) is 119 cm³/mol. The summed E-state index contributed by atoms with van der Waals surface area (Å²) in [6.45, 7) is 0.422. The van der Waals surface area contributed by atoms with Gasteiger partial charge in [-0.2, -0.15) is 4.31 Å². The van der Waals surface area contributed by atoms with E-state index in [2.05, 4.69) is 5.32 Å². The van der Waals surface area contributed by atoms with Gasteiger partial charge in [0.25, 0.3) is 5.91 Å². The van der Waals surface area contributed by atoms with E-state index in [1.165, 1.54) is 40.7 Å². The Morgan fingerprint density at radius 2 is 1.75 bits per heavy atom. The lowest BCUT2D eigenvalue weighted by Gasteiger charge is -2.20. The first-order chi connectivity index (χ1) is 15.3. The maximum absolute atomic E-state index is 13.1. The molecule has 9 heteroatoms. The number of benzene rings is 2. The van der Waals surface area contributed by atoms with Crippen molar-refractivity contribution in [3.05, 3.63) is 66.0 Å². The number of ether oxygens (including phenoxy) is 1. The van der Waals surface area contributed by atoms with Crippen LogP contribution in [0.5, 0.6) is 0 Å². The van der Waals surface area contributed by atoms with Gasteiger partial charge in [0, 0.05) is 24.9 Å². The van der Waals surface area contributed by atoms with Crippen LogP contribution in [0, 0.1) is 5.82 Å². The summed E-state index contributed by atoms with van der Waals surface area (Å²) in [7, 11) is -3.65. The summed E-state index contributed by atoms with van der Waals surface area (Å²) in [5, 5.41) is 2.53. The van der Waals surface area contributed by atoms with Gasteiger partial charge >= 0.3 is 5.97 Å². The van der Waals surface area contributed by atoms with Gasteiger partial charge < -0.3 is 10.1 Å². The third-order valence-electron chi connectivity index (χ3n) is 4.93. The van der Waals surface area contributed by atoms with Crippen LogP contribution in [0.3, 0.4) is 0 Å². The fraction of sp³-hybridized carbons (Fsp3) is 0.304. The summed E-state index contributed by atoms with van der Waals surface area (Å²) in [6, 6.07) is 11.7. The third kappa shape index (κ3) is 6.73. The van der Waals surface area contributed by atoms with E-state index >= 15 is 0 Å². The molecule has 1 aliphatic rings. The van der Waals surface area contributed by atoms with Crippen molar-refractivity contribution in [2.75, 3.05) is 25.0 Å². The van der Waals surface area contributed by atoms with Gasteiger partial charge in [-0.3, -0.25) is 4.79 Å². The molecule has 0 bridgehead atoms. The average molecular weight is 461 g/mol. The number of amides is 1. The van der Waals surface area contributed by atoms with Crippen molar-refractivity contribution in [1.82, 2.24) is 4.31 Å². The van der Waals surface area contributed by atoms with E-state index in [1.54, 1.807) is 18.2 Å². The van der Waals surface area contributed by atoms with E-state index in [0.29, 0.717) is 18.7 Å². The number of hydrogen-bond donors (Lipinski definition) is 1. The first-order valence-corrected chi connectivity index (χ1v) is 11.8. The van der Waals surface area contributed by atoms with Crippen molar-refractivity contribution in [3.63, 3.8) is 0 Å². The zero-order valence-electron chi connectivity index (χ0n) is 17.5.